The van der Waals surface area contributed by atoms with Gasteiger partial charge in [0.15, 0.2) is 5.82 Å². The van der Waals surface area contributed by atoms with E-state index >= 15 is 0 Å². The lowest BCUT2D eigenvalue weighted by Gasteiger charge is -2.10. The molecule has 4 aromatic rings. The number of amides is 2. The summed E-state index contributed by atoms with van der Waals surface area (Å²) in [6.45, 7) is 0.745. The molecule has 0 saturated heterocycles. The smallest absolute Gasteiger partial charge is 0.263 e. The maximum Gasteiger partial charge on any atom is 0.263 e. The van der Waals surface area contributed by atoms with Crippen LogP contribution >= 0.6 is 22.9 Å². The molecule has 9 heteroatoms. The van der Waals surface area contributed by atoms with Crippen molar-refractivity contribution in [2.75, 3.05) is 11.9 Å². The zero-order chi connectivity index (χ0) is 22.8. The topological polar surface area (TPSA) is 88.9 Å². The first-order valence-electron chi connectivity index (χ1n) is 10.9. The zero-order valence-electron chi connectivity index (χ0n) is 17.8. The van der Waals surface area contributed by atoms with Crippen LogP contribution in [-0.2, 0) is 17.8 Å². The number of fused-ring (bicyclic) bond motifs is 2. The molecule has 2 aromatic carbocycles. The number of hydrogen-bond acceptors (Lipinski definition) is 5. The molecule has 3 heterocycles. The highest BCUT2D eigenvalue weighted by atomic mass is 35.5. The maximum atomic E-state index is 12.6. The van der Waals surface area contributed by atoms with E-state index in [0.29, 0.717) is 15.6 Å². The van der Waals surface area contributed by atoms with E-state index in [1.165, 1.54) is 17.8 Å². The first-order valence-corrected chi connectivity index (χ1v) is 12.1. The normalized spacial score (nSPS) is 13.4. The number of thiophene rings is 1. The number of nitrogens with one attached hydrogen (secondary N) is 2. The van der Waals surface area contributed by atoms with Crippen LogP contribution in [0.1, 0.15) is 34.8 Å². The van der Waals surface area contributed by atoms with E-state index in [4.69, 9.17) is 11.6 Å². The maximum absolute atomic E-state index is 12.6. The number of halogens is 1. The van der Waals surface area contributed by atoms with Crippen molar-refractivity contribution in [3.05, 3.63) is 64.3 Å². The predicted molar refractivity (Wildman–Crippen MR) is 131 cm³/mol. The van der Waals surface area contributed by atoms with Crippen LogP contribution in [0.3, 0.4) is 0 Å². The number of carbonyl (C=O) groups is 2. The molecule has 0 atom stereocenters. The predicted octanol–water partition coefficient (Wildman–Crippen LogP) is 4.91. The monoisotopic (exact) mass is 479 g/mol. The standard InChI is InChI=1S/C24H22ClN5O2S/c25-21-17-9-3-4-10-18(17)33-22(21)24(32)26-14-20(31)27-16-8-6-7-15(13-16)23-29-28-19-11-2-1-5-12-30(19)23/h3-4,6-10,13H,1-2,5,11-12,14H2,(H,26,32)(H,27,31). The lowest BCUT2D eigenvalue weighted by atomic mass is 10.2. The van der Waals surface area contributed by atoms with Crippen LogP contribution in [0.25, 0.3) is 21.5 Å². The largest absolute Gasteiger partial charge is 0.342 e. The minimum Gasteiger partial charge on any atom is -0.342 e. The fraction of sp³-hybridized carbons (Fsp3) is 0.250. The third kappa shape index (κ3) is 4.49. The fourth-order valence-corrected chi connectivity index (χ4v) is 5.47. The Balaban J connectivity index is 1.25. The van der Waals surface area contributed by atoms with E-state index in [1.54, 1.807) is 0 Å². The number of aromatic nitrogens is 3. The molecule has 33 heavy (non-hydrogen) atoms. The van der Waals surface area contributed by atoms with Crippen molar-refractivity contribution in [3.63, 3.8) is 0 Å². The molecule has 0 aliphatic carbocycles. The van der Waals surface area contributed by atoms with Gasteiger partial charge in [-0.15, -0.1) is 21.5 Å². The number of anilines is 1. The molecular formula is C24H22ClN5O2S. The average molecular weight is 480 g/mol. The van der Waals surface area contributed by atoms with Gasteiger partial charge in [-0.1, -0.05) is 48.4 Å². The van der Waals surface area contributed by atoms with E-state index in [9.17, 15) is 9.59 Å². The second kappa shape index (κ2) is 9.33. The number of aryl methyl sites for hydroxylation is 1. The molecule has 2 N–H and O–H groups in total. The molecule has 0 fully saturated rings. The Labute approximate surface area is 199 Å². The number of nitrogens with zero attached hydrogens (tertiary/aromatic N) is 3. The highest BCUT2D eigenvalue weighted by Crippen LogP contribution is 2.35. The Bertz CT molecular complexity index is 1350. The van der Waals surface area contributed by atoms with Gasteiger partial charge in [0.05, 0.1) is 11.6 Å². The minimum absolute atomic E-state index is 0.159. The summed E-state index contributed by atoms with van der Waals surface area (Å²) in [5.74, 6) is 1.14. The fourth-order valence-electron chi connectivity index (χ4n) is 4.04. The van der Waals surface area contributed by atoms with Gasteiger partial charge in [0.1, 0.15) is 10.7 Å². The highest BCUT2D eigenvalue weighted by molar-refractivity contribution is 7.21. The van der Waals surface area contributed by atoms with Crippen LogP contribution in [0.5, 0.6) is 0 Å². The SMILES string of the molecule is O=C(CNC(=O)c1sc2ccccc2c1Cl)Nc1cccc(-c2nnc3n2CCCCC3)c1. The molecule has 1 aliphatic heterocycles. The number of carbonyl (C=O) groups excluding carboxylic acids is 2. The van der Waals surface area contributed by atoms with Gasteiger partial charge in [0, 0.05) is 34.3 Å². The van der Waals surface area contributed by atoms with Crippen molar-refractivity contribution in [3.8, 4) is 11.4 Å². The molecule has 0 saturated carbocycles. The lowest BCUT2D eigenvalue weighted by molar-refractivity contribution is -0.115. The molecule has 1 aliphatic rings. The Morgan fingerprint density at radius 2 is 1.94 bits per heavy atom. The summed E-state index contributed by atoms with van der Waals surface area (Å²) in [6.07, 6.45) is 4.37. The molecule has 2 aromatic heterocycles. The average Bonchev–Trinajstić information content (AvgIpc) is 3.30. The van der Waals surface area contributed by atoms with Crippen LogP contribution in [-0.4, -0.2) is 33.1 Å². The first-order chi connectivity index (χ1) is 16.1. The number of hydrogen-bond donors (Lipinski definition) is 2. The van der Waals surface area contributed by atoms with Crippen LogP contribution in [0.15, 0.2) is 48.5 Å². The lowest BCUT2D eigenvalue weighted by Crippen LogP contribution is -2.32. The van der Waals surface area contributed by atoms with Crippen molar-refractivity contribution in [2.45, 2.75) is 32.2 Å². The van der Waals surface area contributed by atoms with Crippen molar-refractivity contribution >= 4 is 50.5 Å². The summed E-state index contributed by atoms with van der Waals surface area (Å²) in [5, 5.41) is 15.5. The third-order valence-corrected chi connectivity index (χ3v) is 7.34. The summed E-state index contributed by atoms with van der Waals surface area (Å²) in [6, 6.07) is 15.1. The van der Waals surface area contributed by atoms with Crippen molar-refractivity contribution in [1.82, 2.24) is 20.1 Å². The van der Waals surface area contributed by atoms with Crippen LogP contribution in [0.2, 0.25) is 5.02 Å². The van der Waals surface area contributed by atoms with Crippen molar-refractivity contribution < 1.29 is 9.59 Å². The summed E-state index contributed by atoms with van der Waals surface area (Å²) < 4.78 is 3.10. The second-order valence-electron chi connectivity index (χ2n) is 7.96. The zero-order valence-corrected chi connectivity index (χ0v) is 19.4. The summed E-state index contributed by atoms with van der Waals surface area (Å²) in [7, 11) is 0. The molecule has 0 spiro atoms. The van der Waals surface area contributed by atoms with Gasteiger partial charge in [0.25, 0.3) is 5.91 Å². The number of rotatable bonds is 5. The number of benzene rings is 2. The Morgan fingerprint density at radius 3 is 2.82 bits per heavy atom. The van der Waals surface area contributed by atoms with Crippen LogP contribution < -0.4 is 10.6 Å². The molecule has 0 unspecified atom stereocenters. The van der Waals surface area contributed by atoms with Crippen molar-refractivity contribution in [1.29, 1.82) is 0 Å². The summed E-state index contributed by atoms with van der Waals surface area (Å²) in [5.41, 5.74) is 1.53. The summed E-state index contributed by atoms with van der Waals surface area (Å²) >= 11 is 7.67. The van der Waals surface area contributed by atoms with Gasteiger partial charge in [0.2, 0.25) is 5.91 Å². The van der Waals surface area contributed by atoms with E-state index in [2.05, 4.69) is 25.4 Å². The van der Waals surface area contributed by atoms with E-state index < -0.39 is 0 Å². The summed E-state index contributed by atoms with van der Waals surface area (Å²) in [4.78, 5) is 25.5. The van der Waals surface area contributed by atoms with Gasteiger partial charge in [-0.2, -0.15) is 0 Å². The molecule has 5 rings (SSSR count). The third-order valence-electron chi connectivity index (χ3n) is 5.66. The Kier molecular flexibility index (Phi) is 6.11. The van der Waals surface area contributed by atoms with Crippen molar-refractivity contribution in [2.24, 2.45) is 0 Å². The van der Waals surface area contributed by atoms with Gasteiger partial charge >= 0.3 is 0 Å². The Morgan fingerprint density at radius 1 is 1.06 bits per heavy atom. The molecule has 2 amide bonds. The van der Waals surface area contributed by atoms with E-state index in [-0.39, 0.29) is 18.4 Å². The van der Waals surface area contributed by atoms with Crippen LogP contribution in [0.4, 0.5) is 5.69 Å². The molecule has 7 nitrogen and oxygen atoms in total. The van der Waals surface area contributed by atoms with Gasteiger partial charge < -0.3 is 15.2 Å². The second-order valence-corrected chi connectivity index (χ2v) is 9.39. The van der Waals surface area contributed by atoms with E-state index in [0.717, 1.165) is 53.1 Å². The molecule has 0 bridgehead atoms. The van der Waals surface area contributed by atoms with Gasteiger partial charge in [-0.3, -0.25) is 9.59 Å². The molecule has 0 radical (unpaired) electrons. The van der Waals surface area contributed by atoms with Gasteiger partial charge in [-0.25, -0.2) is 0 Å². The van der Waals surface area contributed by atoms with Crippen LogP contribution in [0, 0.1) is 0 Å². The van der Waals surface area contributed by atoms with Gasteiger partial charge in [-0.05, 0) is 31.0 Å². The minimum atomic E-state index is -0.365. The highest BCUT2D eigenvalue weighted by Gasteiger charge is 2.18. The van der Waals surface area contributed by atoms with E-state index in [1.807, 2.05) is 48.5 Å². The quantitative estimate of drug-likeness (QED) is 0.425. The first kappa shape index (κ1) is 21.6. The molecular weight excluding hydrogens is 458 g/mol. The Hall–Kier alpha value is -3.23. The molecule has 168 valence electrons.